The first-order chi connectivity index (χ1) is 12.3. The van der Waals surface area contributed by atoms with Gasteiger partial charge >= 0.3 is 0 Å². The van der Waals surface area contributed by atoms with Gasteiger partial charge in [-0.15, -0.1) is 0 Å². The minimum atomic E-state index is 0.0825. The first kappa shape index (κ1) is 20.2. The molecule has 1 unspecified atom stereocenters. The predicted octanol–water partition coefficient (Wildman–Crippen LogP) is 5.52. The molecule has 3 nitrogen and oxygen atoms in total. The van der Waals surface area contributed by atoms with E-state index in [0.717, 1.165) is 17.9 Å². The Morgan fingerprint density at radius 3 is 2.19 bits per heavy atom. The zero-order chi connectivity index (χ0) is 19.2. The van der Waals surface area contributed by atoms with Crippen molar-refractivity contribution in [2.75, 3.05) is 5.32 Å². The number of thiocarbonyl (C=S) groups is 1. The summed E-state index contributed by atoms with van der Waals surface area (Å²) in [6.45, 7) is 10.7. The molecule has 0 fully saturated rings. The summed E-state index contributed by atoms with van der Waals surface area (Å²) < 4.78 is 5.66. The van der Waals surface area contributed by atoms with Crippen LogP contribution in [0.2, 0.25) is 0 Å². The summed E-state index contributed by atoms with van der Waals surface area (Å²) in [6, 6.07) is 18.7. The van der Waals surface area contributed by atoms with Crippen LogP contribution in [-0.4, -0.2) is 17.3 Å². The molecule has 0 bridgehead atoms. The summed E-state index contributed by atoms with van der Waals surface area (Å²) in [5.41, 5.74) is 2.38. The zero-order valence-electron chi connectivity index (χ0n) is 16.4. The lowest BCUT2D eigenvalue weighted by Gasteiger charge is -2.29. The van der Waals surface area contributed by atoms with Crippen molar-refractivity contribution in [1.82, 2.24) is 5.32 Å². The average molecular weight is 371 g/mol. The minimum absolute atomic E-state index is 0.0825. The normalized spacial score (nSPS) is 12.5. The van der Waals surface area contributed by atoms with E-state index in [2.05, 4.69) is 61.7 Å². The van der Waals surface area contributed by atoms with Crippen LogP contribution < -0.4 is 15.4 Å². The maximum Gasteiger partial charge on any atom is 0.170 e. The largest absolute Gasteiger partial charge is 0.491 e. The van der Waals surface area contributed by atoms with E-state index in [4.69, 9.17) is 17.0 Å². The smallest absolute Gasteiger partial charge is 0.170 e. The number of hydrogen-bond donors (Lipinski definition) is 2. The predicted molar refractivity (Wildman–Crippen MR) is 115 cm³/mol. The number of ether oxygens (including phenoxy) is 1. The molecule has 140 valence electrons. The van der Waals surface area contributed by atoms with Crippen LogP contribution in [0.25, 0.3) is 0 Å². The summed E-state index contributed by atoms with van der Waals surface area (Å²) in [5, 5.41) is 7.27. The molecule has 0 spiro atoms. The van der Waals surface area contributed by atoms with Crippen molar-refractivity contribution in [3.63, 3.8) is 0 Å². The molecule has 0 heterocycles. The summed E-state index contributed by atoms with van der Waals surface area (Å²) in [6.07, 6.45) is 1.16. The number of hydrogen-bond acceptors (Lipinski definition) is 2. The quantitative estimate of drug-likeness (QED) is 0.629. The molecule has 2 aromatic rings. The van der Waals surface area contributed by atoms with E-state index in [0.29, 0.717) is 5.11 Å². The molecular formula is C22H30N2OS. The molecule has 0 amide bonds. The van der Waals surface area contributed by atoms with E-state index in [1.807, 2.05) is 38.1 Å². The lowest BCUT2D eigenvalue weighted by atomic mass is 9.79. The minimum Gasteiger partial charge on any atom is -0.491 e. The summed E-state index contributed by atoms with van der Waals surface area (Å²) in [5.74, 6) is 0.863. The molecule has 2 aromatic carbocycles. The van der Waals surface area contributed by atoms with Crippen molar-refractivity contribution < 1.29 is 4.74 Å². The first-order valence-corrected chi connectivity index (χ1v) is 9.57. The molecule has 0 saturated heterocycles. The van der Waals surface area contributed by atoms with Crippen molar-refractivity contribution in [2.24, 2.45) is 0 Å². The van der Waals surface area contributed by atoms with Crippen LogP contribution in [0.3, 0.4) is 0 Å². The average Bonchev–Trinajstić information content (AvgIpc) is 2.56. The Morgan fingerprint density at radius 2 is 1.62 bits per heavy atom. The molecule has 0 aliphatic heterocycles. The number of nitrogens with one attached hydrogen (secondary N) is 2. The Kier molecular flexibility index (Phi) is 7.04. The van der Waals surface area contributed by atoms with Gasteiger partial charge in [0.05, 0.1) is 6.10 Å². The number of anilines is 1. The van der Waals surface area contributed by atoms with E-state index < -0.39 is 0 Å². The van der Waals surface area contributed by atoms with Crippen molar-refractivity contribution in [1.29, 1.82) is 0 Å². The van der Waals surface area contributed by atoms with Gasteiger partial charge in [-0.05, 0) is 74.7 Å². The van der Waals surface area contributed by atoms with E-state index in [-0.39, 0.29) is 17.6 Å². The van der Waals surface area contributed by atoms with Crippen LogP contribution in [0.1, 0.15) is 46.6 Å². The van der Waals surface area contributed by atoms with Gasteiger partial charge in [-0.25, -0.2) is 0 Å². The standard InChI is InChI=1S/C22H30N2OS/c1-16(2)25-20-13-11-19(12-14-20)24-21(26)23-17(3)15-22(4,5)18-9-7-6-8-10-18/h6-14,16-17H,15H2,1-5H3,(H2,23,24,26). The fourth-order valence-electron chi connectivity index (χ4n) is 3.10. The van der Waals surface area contributed by atoms with E-state index in [1.165, 1.54) is 5.56 Å². The lowest BCUT2D eigenvalue weighted by Crippen LogP contribution is -2.39. The van der Waals surface area contributed by atoms with Crippen LogP contribution in [0.4, 0.5) is 5.69 Å². The lowest BCUT2D eigenvalue weighted by molar-refractivity contribution is 0.242. The third-order valence-corrected chi connectivity index (χ3v) is 4.45. The van der Waals surface area contributed by atoms with Crippen LogP contribution in [0.15, 0.2) is 54.6 Å². The van der Waals surface area contributed by atoms with Gasteiger partial charge in [0.2, 0.25) is 0 Å². The van der Waals surface area contributed by atoms with Crippen LogP contribution in [0.5, 0.6) is 5.75 Å². The third kappa shape index (κ3) is 6.34. The molecule has 0 aromatic heterocycles. The molecule has 0 saturated carbocycles. The SMILES string of the molecule is CC(CC(C)(C)c1ccccc1)NC(=S)Nc1ccc(OC(C)C)cc1. The Hall–Kier alpha value is -2.07. The van der Waals surface area contributed by atoms with Gasteiger partial charge in [0.15, 0.2) is 5.11 Å². The third-order valence-electron chi connectivity index (χ3n) is 4.23. The Morgan fingerprint density at radius 1 is 1.00 bits per heavy atom. The molecule has 0 aliphatic carbocycles. The zero-order valence-corrected chi connectivity index (χ0v) is 17.2. The highest BCUT2D eigenvalue weighted by Gasteiger charge is 2.23. The highest BCUT2D eigenvalue weighted by Crippen LogP contribution is 2.28. The topological polar surface area (TPSA) is 33.3 Å². The molecular weight excluding hydrogens is 340 g/mol. The highest BCUT2D eigenvalue weighted by molar-refractivity contribution is 7.80. The van der Waals surface area contributed by atoms with E-state index >= 15 is 0 Å². The van der Waals surface area contributed by atoms with Gasteiger partial charge in [-0.1, -0.05) is 44.2 Å². The molecule has 26 heavy (non-hydrogen) atoms. The molecule has 4 heteroatoms. The second kappa shape index (κ2) is 9.04. The molecule has 0 aliphatic rings. The number of rotatable bonds is 7. The Balaban J connectivity index is 1.87. The molecule has 1 atom stereocenters. The van der Waals surface area contributed by atoms with Gasteiger partial charge in [0.25, 0.3) is 0 Å². The monoisotopic (exact) mass is 370 g/mol. The summed E-state index contributed by atoms with van der Waals surface area (Å²) in [4.78, 5) is 0. The van der Waals surface area contributed by atoms with E-state index in [1.54, 1.807) is 0 Å². The van der Waals surface area contributed by atoms with Crippen molar-refractivity contribution in [2.45, 2.75) is 58.6 Å². The maximum absolute atomic E-state index is 5.66. The number of benzene rings is 2. The molecule has 2 rings (SSSR count). The second-order valence-corrected chi connectivity index (χ2v) is 8.05. The molecule has 0 radical (unpaired) electrons. The van der Waals surface area contributed by atoms with Crippen LogP contribution in [-0.2, 0) is 5.41 Å². The second-order valence-electron chi connectivity index (χ2n) is 7.64. The first-order valence-electron chi connectivity index (χ1n) is 9.16. The highest BCUT2D eigenvalue weighted by atomic mass is 32.1. The molecule has 2 N–H and O–H groups in total. The van der Waals surface area contributed by atoms with E-state index in [9.17, 15) is 0 Å². The Labute approximate surface area is 163 Å². The van der Waals surface area contributed by atoms with Gasteiger partial charge in [0.1, 0.15) is 5.75 Å². The summed E-state index contributed by atoms with van der Waals surface area (Å²) in [7, 11) is 0. The fourth-order valence-corrected chi connectivity index (χ4v) is 3.42. The Bertz CT molecular complexity index is 696. The van der Waals surface area contributed by atoms with Gasteiger partial charge < -0.3 is 15.4 Å². The van der Waals surface area contributed by atoms with Crippen molar-refractivity contribution in [3.05, 3.63) is 60.2 Å². The van der Waals surface area contributed by atoms with Crippen molar-refractivity contribution >= 4 is 23.0 Å². The van der Waals surface area contributed by atoms with Crippen LogP contribution >= 0.6 is 12.2 Å². The maximum atomic E-state index is 5.66. The van der Waals surface area contributed by atoms with Gasteiger partial charge in [-0.2, -0.15) is 0 Å². The van der Waals surface area contributed by atoms with Gasteiger partial charge in [0, 0.05) is 11.7 Å². The van der Waals surface area contributed by atoms with Crippen LogP contribution in [0, 0.1) is 0 Å². The van der Waals surface area contributed by atoms with Gasteiger partial charge in [-0.3, -0.25) is 0 Å². The summed E-state index contributed by atoms with van der Waals surface area (Å²) >= 11 is 5.47. The van der Waals surface area contributed by atoms with Crippen molar-refractivity contribution in [3.8, 4) is 5.75 Å². The fraction of sp³-hybridized carbons (Fsp3) is 0.409.